The summed E-state index contributed by atoms with van der Waals surface area (Å²) in [5.74, 6) is -1.67. The van der Waals surface area contributed by atoms with E-state index in [0.29, 0.717) is 0 Å². The van der Waals surface area contributed by atoms with Crippen LogP contribution in [0, 0.1) is 0 Å². The van der Waals surface area contributed by atoms with Crippen LogP contribution in [0.1, 0.15) is 18.1 Å². The first-order valence-electron chi connectivity index (χ1n) is 1.86. The topological polar surface area (TPSA) is 74.6 Å². The maximum Gasteiger partial charge on any atom is 1.00 e. The average molecular weight is 192 g/mol. The van der Waals surface area contributed by atoms with Gasteiger partial charge in [0.1, 0.15) is 0 Å². The molecule has 0 fully saturated rings. The number of aliphatic carboxylic acids is 2. The van der Waals surface area contributed by atoms with E-state index < -0.39 is 11.9 Å². The summed E-state index contributed by atoms with van der Waals surface area (Å²) in [4.78, 5) is 18.0. The summed E-state index contributed by atoms with van der Waals surface area (Å²) in [7, 11) is 0. The number of carbonyl (C=O) groups is 2. The first-order chi connectivity index (χ1) is 3.46. The molecule has 0 aliphatic carbocycles. The third kappa shape index (κ3) is 313. The zero-order valence-electron chi connectivity index (χ0n) is 10.7. The Morgan fingerprint density at radius 1 is 0.909 bits per heavy atom. The Morgan fingerprint density at radius 2 is 0.909 bits per heavy atom. The Morgan fingerprint density at radius 3 is 0.909 bits per heavy atom. The van der Waals surface area contributed by atoms with Crippen molar-refractivity contribution in [2.24, 2.45) is 0 Å². The van der Waals surface area contributed by atoms with Gasteiger partial charge in [0.05, 0.1) is 0 Å². The normalized spacial score (nSPS) is 4.55. The molecule has 0 aromatic carbocycles. The second-order valence-electron chi connectivity index (χ2n) is 1.04. The zero-order chi connectivity index (χ0) is 7.15. The Balaban J connectivity index is -0.00000000600. The van der Waals surface area contributed by atoms with E-state index in [1.165, 1.54) is 0 Å². The van der Waals surface area contributed by atoms with Gasteiger partial charge in [0.25, 0.3) is 11.9 Å². The van der Waals surface area contributed by atoms with E-state index in [1.54, 1.807) is 0 Å². The Hall–Kier alpha value is 1.94. The van der Waals surface area contributed by atoms with Crippen LogP contribution in [0.4, 0.5) is 0 Å². The fourth-order valence-electron chi connectivity index (χ4n) is 0. The van der Waals surface area contributed by atoms with E-state index in [1.807, 2.05) is 0 Å². The van der Waals surface area contributed by atoms with E-state index in [-0.39, 0.29) is 93.0 Å². The first kappa shape index (κ1) is 29.3. The van der Waals surface area contributed by atoms with Gasteiger partial charge in [-0.25, -0.2) is 0 Å². The van der Waals surface area contributed by atoms with Crippen molar-refractivity contribution >= 4 is 11.9 Å². The molecule has 0 bridgehead atoms. The van der Waals surface area contributed by atoms with Gasteiger partial charge < -0.3 is 14.5 Å². The Bertz CT molecular complexity index is 85.8. The molecule has 0 amide bonds. The molecule has 0 spiro atoms. The van der Waals surface area contributed by atoms with Gasteiger partial charge in [-0.15, -0.1) is 0 Å². The van der Waals surface area contributed by atoms with Gasteiger partial charge >= 0.3 is 88.7 Å². The number of hydrogen-bond acceptors (Lipinski definition) is 2. The predicted octanol–water partition coefficient (Wildman–Crippen LogP) is -8.47. The van der Waals surface area contributed by atoms with E-state index in [0.717, 1.165) is 13.8 Å². The van der Waals surface area contributed by atoms with Crippen LogP contribution in [0.15, 0.2) is 0 Å². The molecular weight excluding hydrogens is 181 g/mol. The SMILES string of the molecule is CC(=O)O.CC(=O)O.[H-].[H-].[H-].[Na+].[Na+].[Na+]. The molecule has 2 N–H and O–H groups in total. The predicted molar refractivity (Wildman–Crippen MR) is 30.0 cm³/mol. The van der Waals surface area contributed by atoms with Gasteiger partial charge in [-0.2, -0.15) is 0 Å². The third-order valence-corrected chi connectivity index (χ3v) is 0. The van der Waals surface area contributed by atoms with Gasteiger partial charge in [-0.05, 0) is 0 Å². The van der Waals surface area contributed by atoms with Gasteiger partial charge in [-0.1, -0.05) is 0 Å². The maximum atomic E-state index is 9.00. The maximum absolute atomic E-state index is 9.00. The van der Waals surface area contributed by atoms with Crippen molar-refractivity contribution in [3.05, 3.63) is 0 Å². The number of rotatable bonds is 0. The molecule has 0 aliphatic heterocycles. The van der Waals surface area contributed by atoms with E-state index in [4.69, 9.17) is 19.8 Å². The second-order valence-corrected chi connectivity index (χ2v) is 1.04. The Labute approximate surface area is 136 Å². The molecule has 0 atom stereocenters. The minimum Gasteiger partial charge on any atom is -1.00 e. The molecule has 0 radical (unpaired) electrons. The molecule has 11 heavy (non-hydrogen) atoms. The largest absolute Gasteiger partial charge is 1.00 e. The van der Waals surface area contributed by atoms with Crippen LogP contribution in [0.25, 0.3) is 0 Å². The van der Waals surface area contributed by atoms with E-state index in [2.05, 4.69) is 0 Å². The van der Waals surface area contributed by atoms with Gasteiger partial charge in [0.15, 0.2) is 0 Å². The summed E-state index contributed by atoms with van der Waals surface area (Å²) in [5.41, 5.74) is 0. The van der Waals surface area contributed by atoms with Crippen LogP contribution in [0.3, 0.4) is 0 Å². The van der Waals surface area contributed by atoms with Gasteiger partial charge in [0, 0.05) is 13.8 Å². The fourth-order valence-corrected chi connectivity index (χ4v) is 0. The molecule has 54 valence electrons. The van der Waals surface area contributed by atoms with Gasteiger partial charge in [-0.3, -0.25) is 9.59 Å². The van der Waals surface area contributed by atoms with Gasteiger partial charge in [0.2, 0.25) is 0 Å². The van der Waals surface area contributed by atoms with Crippen molar-refractivity contribution < 1.29 is 113 Å². The molecule has 4 nitrogen and oxygen atoms in total. The van der Waals surface area contributed by atoms with Crippen LogP contribution in [-0.4, -0.2) is 22.2 Å². The van der Waals surface area contributed by atoms with Crippen LogP contribution < -0.4 is 88.7 Å². The summed E-state index contributed by atoms with van der Waals surface area (Å²) in [6.45, 7) is 2.17. The van der Waals surface area contributed by atoms with Crippen LogP contribution in [0.5, 0.6) is 0 Å². The molecular formula is C4H11Na3O4. The average Bonchev–Trinajstić information content (AvgIpc) is 1.25. The minimum absolute atomic E-state index is 0. The van der Waals surface area contributed by atoms with Crippen LogP contribution in [-0.2, 0) is 9.59 Å². The fraction of sp³-hybridized carbons (Fsp3) is 0.500. The number of carboxylic acids is 2. The zero-order valence-corrected chi connectivity index (χ0v) is 13.7. The van der Waals surface area contributed by atoms with Crippen molar-refractivity contribution in [1.29, 1.82) is 0 Å². The summed E-state index contributed by atoms with van der Waals surface area (Å²) >= 11 is 0. The van der Waals surface area contributed by atoms with Crippen molar-refractivity contribution in [1.82, 2.24) is 0 Å². The van der Waals surface area contributed by atoms with E-state index in [9.17, 15) is 0 Å². The Kier molecular flexibility index (Phi) is 60.3. The molecule has 0 aromatic heterocycles. The van der Waals surface area contributed by atoms with Crippen molar-refractivity contribution in [2.75, 3.05) is 0 Å². The summed E-state index contributed by atoms with van der Waals surface area (Å²) in [5, 5.41) is 14.8. The quantitative estimate of drug-likeness (QED) is 0.374. The summed E-state index contributed by atoms with van der Waals surface area (Å²) in [6.07, 6.45) is 0. The minimum atomic E-state index is -0.833. The summed E-state index contributed by atoms with van der Waals surface area (Å²) < 4.78 is 0. The third-order valence-electron chi connectivity index (χ3n) is 0. The van der Waals surface area contributed by atoms with Crippen LogP contribution >= 0.6 is 0 Å². The monoisotopic (exact) mass is 192 g/mol. The molecule has 0 heterocycles. The number of hydrogen-bond donors (Lipinski definition) is 2. The molecule has 0 unspecified atom stereocenters. The first-order valence-corrected chi connectivity index (χ1v) is 1.86. The molecule has 0 rings (SSSR count). The summed E-state index contributed by atoms with van der Waals surface area (Å²) in [6, 6.07) is 0. The standard InChI is InChI=1S/2C2H4O2.3Na.3H/c2*1-2(3)4;;;;;;/h2*1H3,(H,3,4);;;;;;/q;;3*+1;3*-1. The van der Waals surface area contributed by atoms with Crippen molar-refractivity contribution in [2.45, 2.75) is 13.8 Å². The molecule has 0 saturated heterocycles. The molecule has 7 heteroatoms. The van der Waals surface area contributed by atoms with Crippen LogP contribution in [0.2, 0.25) is 0 Å². The van der Waals surface area contributed by atoms with Crippen molar-refractivity contribution in [3.8, 4) is 0 Å². The smallest absolute Gasteiger partial charge is 1.00 e. The molecule has 0 aromatic rings. The van der Waals surface area contributed by atoms with E-state index >= 15 is 0 Å². The van der Waals surface area contributed by atoms with Crippen molar-refractivity contribution in [3.63, 3.8) is 0 Å². The molecule has 0 saturated carbocycles. The molecule has 0 aliphatic rings. The second kappa shape index (κ2) is 22.7. The number of carboxylic acid groups (broad SMARTS) is 2.